The number of anilines is 1. The van der Waals surface area contributed by atoms with Gasteiger partial charge in [0.1, 0.15) is 6.04 Å². The molecule has 7 nitrogen and oxygen atoms in total. The summed E-state index contributed by atoms with van der Waals surface area (Å²) in [7, 11) is -3.89. The second-order valence-corrected chi connectivity index (χ2v) is 13.3. The van der Waals surface area contributed by atoms with Gasteiger partial charge in [-0.1, -0.05) is 73.4 Å². The molecule has 0 unspecified atom stereocenters. The van der Waals surface area contributed by atoms with E-state index in [1.165, 1.54) is 4.90 Å². The maximum Gasteiger partial charge on any atom is 0.243 e. The number of nitrogens with one attached hydrogen (secondary N) is 1. The second-order valence-electron chi connectivity index (χ2n) is 10.6. The van der Waals surface area contributed by atoms with E-state index < -0.39 is 33.6 Å². The molecule has 0 fully saturated rings. The van der Waals surface area contributed by atoms with Gasteiger partial charge in [0.05, 0.1) is 11.9 Å². The number of rotatable bonds is 14. The number of hydrogen-bond donors (Lipinski definition) is 1. The van der Waals surface area contributed by atoms with E-state index in [9.17, 15) is 26.8 Å². The maximum absolute atomic E-state index is 13.9. The Bertz CT molecular complexity index is 1500. The molecule has 0 radical (unpaired) electrons. The molecule has 3 aromatic carbocycles. The van der Waals surface area contributed by atoms with Crippen molar-refractivity contribution < 1.29 is 26.8 Å². The van der Waals surface area contributed by atoms with E-state index in [2.05, 4.69) is 5.32 Å². The highest BCUT2D eigenvalue weighted by Crippen LogP contribution is 2.28. The Hall–Kier alpha value is -3.21. The SMILES string of the molecule is CC(C)CNC(=O)[C@@H](Cc1ccccc1)N(Cc1c(Cl)cccc1Cl)C(=O)CCCN(c1ccc(F)c(F)c1)S(C)(=O)=O. The van der Waals surface area contributed by atoms with E-state index in [0.29, 0.717) is 22.2 Å². The van der Waals surface area contributed by atoms with Crippen molar-refractivity contribution in [3.8, 4) is 0 Å². The maximum atomic E-state index is 13.9. The predicted molar refractivity (Wildman–Crippen MR) is 167 cm³/mol. The van der Waals surface area contributed by atoms with Crippen LogP contribution in [0.1, 0.15) is 37.8 Å². The van der Waals surface area contributed by atoms with Crippen LogP contribution in [0.3, 0.4) is 0 Å². The first-order valence-electron chi connectivity index (χ1n) is 13.7. The summed E-state index contributed by atoms with van der Waals surface area (Å²) in [5.41, 5.74) is 1.23. The fraction of sp³-hybridized carbons (Fsp3) is 0.355. The van der Waals surface area contributed by atoms with Gasteiger partial charge in [0.2, 0.25) is 21.8 Å². The Balaban J connectivity index is 1.93. The monoisotopic (exact) mass is 653 g/mol. The number of benzene rings is 3. The van der Waals surface area contributed by atoms with Gasteiger partial charge in [-0.15, -0.1) is 0 Å². The molecule has 3 aromatic rings. The summed E-state index contributed by atoms with van der Waals surface area (Å²) < 4.78 is 53.3. The molecule has 0 saturated carbocycles. The Morgan fingerprint density at radius 2 is 1.58 bits per heavy atom. The quantitative estimate of drug-likeness (QED) is 0.223. The van der Waals surface area contributed by atoms with E-state index >= 15 is 0 Å². The lowest BCUT2D eigenvalue weighted by atomic mass is 10.0. The van der Waals surface area contributed by atoms with E-state index in [4.69, 9.17) is 23.2 Å². The molecule has 1 atom stereocenters. The summed E-state index contributed by atoms with van der Waals surface area (Å²) in [6.07, 6.45) is 1.03. The first kappa shape index (κ1) is 34.3. The molecule has 12 heteroatoms. The van der Waals surface area contributed by atoms with Crippen LogP contribution in [-0.4, -0.2) is 50.5 Å². The lowest BCUT2D eigenvalue weighted by Gasteiger charge is -2.32. The highest BCUT2D eigenvalue weighted by atomic mass is 35.5. The van der Waals surface area contributed by atoms with E-state index in [1.807, 2.05) is 44.2 Å². The van der Waals surface area contributed by atoms with Crippen LogP contribution in [-0.2, 0) is 32.6 Å². The van der Waals surface area contributed by atoms with Gasteiger partial charge in [0.25, 0.3) is 0 Å². The molecule has 232 valence electrons. The normalized spacial score (nSPS) is 12.2. The molecule has 3 rings (SSSR count). The Morgan fingerprint density at radius 1 is 0.930 bits per heavy atom. The van der Waals surface area contributed by atoms with Gasteiger partial charge in [-0.2, -0.15) is 0 Å². The van der Waals surface area contributed by atoms with Crippen LogP contribution in [0.5, 0.6) is 0 Å². The Morgan fingerprint density at radius 3 is 2.16 bits per heavy atom. The smallest absolute Gasteiger partial charge is 0.243 e. The first-order valence-corrected chi connectivity index (χ1v) is 16.3. The highest BCUT2D eigenvalue weighted by molar-refractivity contribution is 7.92. The van der Waals surface area contributed by atoms with Gasteiger partial charge in [0, 0.05) is 54.2 Å². The number of sulfonamides is 1. The fourth-order valence-electron chi connectivity index (χ4n) is 4.47. The largest absolute Gasteiger partial charge is 0.354 e. The summed E-state index contributed by atoms with van der Waals surface area (Å²) in [4.78, 5) is 28.9. The van der Waals surface area contributed by atoms with Gasteiger partial charge in [-0.3, -0.25) is 13.9 Å². The molecule has 0 aromatic heterocycles. The van der Waals surface area contributed by atoms with Crippen LogP contribution in [0.25, 0.3) is 0 Å². The topological polar surface area (TPSA) is 86.8 Å². The van der Waals surface area contributed by atoms with Gasteiger partial charge >= 0.3 is 0 Å². The minimum Gasteiger partial charge on any atom is -0.354 e. The minimum atomic E-state index is -3.89. The molecule has 0 saturated heterocycles. The van der Waals surface area contributed by atoms with Crippen molar-refractivity contribution in [1.29, 1.82) is 0 Å². The number of nitrogens with zero attached hydrogens (tertiary/aromatic N) is 2. The third-order valence-corrected chi connectivity index (χ3v) is 8.59. The molecule has 2 amide bonds. The Labute approximate surface area is 261 Å². The summed E-state index contributed by atoms with van der Waals surface area (Å²) in [6.45, 7) is 4.07. The standard InChI is InChI=1S/C31H35Cl2F2N3O4S/c1-21(2)19-36-31(40)29(17-22-9-5-4-6-10-22)37(20-24-25(32)11-7-12-26(24)33)30(39)13-8-16-38(43(3,41)42)23-14-15-27(34)28(35)18-23/h4-7,9-12,14-15,18,21,29H,8,13,16-17,19-20H2,1-3H3,(H,36,40)/t29-/m1/s1. The minimum absolute atomic E-state index is 0.0311. The molecule has 0 aliphatic carbocycles. The number of carbonyl (C=O) groups excluding carboxylic acids is 2. The van der Waals surface area contributed by atoms with Gasteiger partial charge in [0.15, 0.2) is 11.6 Å². The molecule has 0 spiro atoms. The Kier molecular flexibility index (Phi) is 12.4. The number of amides is 2. The van der Waals surface area contributed by atoms with Gasteiger partial charge in [-0.05, 0) is 42.2 Å². The molecular weight excluding hydrogens is 619 g/mol. The number of halogens is 4. The van der Waals surface area contributed by atoms with Crippen LogP contribution >= 0.6 is 23.2 Å². The third kappa shape index (κ3) is 9.91. The van der Waals surface area contributed by atoms with Crippen LogP contribution < -0.4 is 9.62 Å². The van der Waals surface area contributed by atoms with Crippen LogP contribution in [0, 0.1) is 17.6 Å². The molecule has 0 aliphatic heterocycles. The van der Waals surface area contributed by atoms with Crippen LogP contribution in [0.15, 0.2) is 66.7 Å². The average Bonchev–Trinajstić information content (AvgIpc) is 2.94. The van der Waals surface area contributed by atoms with Crippen molar-refractivity contribution in [2.45, 2.75) is 45.7 Å². The zero-order valence-electron chi connectivity index (χ0n) is 24.2. The number of carbonyl (C=O) groups is 2. The summed E-state index contributed by atoms with van der Waals surface area (Å²) in [5.74, 6) is -2.92. The van der Waals surface area contributed by atoms with Gasteiger partial charge < -0.3 is 10.2 Å². The summed E-state index contributed by atoms with van der Waals surface area (Å²) in [6, 6.07) is 16.1. The van der Waals surface area contributed by atoms with Crippen LogP contribution in [0.4, 0.5) is 14.5 Å². The van der Waals surface area contributed by atoms with Crippen molar-refractivity contribution in [1.82, 2.24) is 10.2 Å². The third-order valence-electron chi connectivity index (χ3n) is 6.69. The molecule has 0 heterocycles. The average molecular weight is 655 g/mol. The zero-order chi connectivity index (χ0) is 31.7. The lowest BCUT2D eigenvalue weighted by Crippen LogP contribution is -2.51. The van der Waals surface area contributed by atoms with Crippen molar-refractivity contribution in [2.75, 3.05) is 23.7 Å². The number of hydrogen-bond acceptors (Lipinski definition) is 4. The molecule has 43 heavy (non-hydrogen) atoms. The summed E-state index contributed by atoms with van der Waals surface area (Å²) in [5, 5.41) is 3.58. The van der Waals surface area contributed by atoms with Crippen molar-refractivity contribution >= 4 is 50.7 Å². The second kappa shape index (κ2) is 15.5. The van der Waals surface area contributed by atoms with E-state index in [1.54, 1.807) is 18.2 Å². The fourth-order valence-corrected chi connectivity index (χ4v) is 5.95. The van der Waals surface area contributed by atoms with Crippen molar-refractivity contribution in [2.24, 2.45) is 5.92 Å². The zero-order valence-corrected chi connectivity index (χ0v) is 26.5. The molecule has 1 N–H and O–H groups in total. The first-order chi connectivity index (χ1) is 20.3. The van der Waals surface area contributed by atoms with E-state index in [-0.39, 0.29) is 49.9 Å². The molecule has 0 bridgehead atoms. The van der Waals surface area contributed by atoms with Crippen LogP contribution in [0.2, 0.25) is 10.0 Å². The predicted octanol–water partition coefficient (Wildman–Crippen LogP) is 6.23. The van der Waals surface area contributed by atoms with Crippen molar-refractivity contribution in [3.05, 3.63) is 99.5 Å². The summed E-state index contributed by atoms with van der Waals surface area (Å²) >= 11 is 12.9. The highest BCUT2D eigenvalue weighted by Gasteiger charge is 2.31. The molecular formula is C31H35Cl2F2N3O4S. The molecule has 0 aliphatic rings. The lowest BCUT2D eigenvalue weighted by molar-refractivity contribution is -0.141. The van der Waals surface area contributed by atoms with E-state index in [0.717, 1.165) is 34.3 Å². The van der Waals surface area contributed by atoms with Crippen molar-refractivity contribution in [3.63, 3.8) is 0 Å². The van der Waals surface area contributed by atoms with Gasteiger partial charge in [-0.25, -0.2) is 17.2 Å².